The van der Waals surface area contributed by atoms with Gasteiger partial charge in [0.25, 0.3) is 0 Å². The van der Waals surface area contributed by atoms with Crippen LogP contribution >= 0.6 is 35.2 Å². The quantitative estimate of drug-likeness (QED) is 0.0209. The molecule has 2 aromatic rings. The summed E-state index contributed by atoms with van der Waals surface area (Å²) in [4.78, 5) is 88.3. The normalized spacial score (nSPS) is 20.4. The van der Waals surface area contributed by atoms with Crippen molar-refractivity contribution in [2.45, 2.75) is 109 Å². The summed E-state index contributed by atoms with van der Waals surface area (Å²) in [5.41, 5.74) is 4.26. The van der Waals surface area contributed by atoms with E-state index < -0.39 is 84.6 Å². The molecular formula is C41H64N7O17P3S. The molecule has 2 amide bonds. The van der Waals surface area contributed by atoms with Gasteiger partial charge in [0, 0.05) is 37.1 Å². The number of imidazole rings is 1. The molecule has 3 heterocycles. The minimum absolute atomic E-state index is 0.0290. The van der Waals surface area contributed by atoms with Gasteiger partial charge in [0.1, 0.15) is 36.3 Å². The molecule has 7 atom stereocenters. The average Bonchev–Trinajstić information content (AvgIpc) is 3.84. The first-order valence-electron chi connectivity index (χ1n) is 21.9. The summed E-state index contributed by atoms with van der Waals surface area (Å²) in [7, 11) is -16.4. The van der Waals surface area contributed by atoms with Crippen molar-refractivity contribution in [2.24, 2.45) is 5.41 Å². The molecule has 28 heteroatoms. The number of phosphoric acid groups is 3. The number of nitrogens with one attached hydrogen (secondary N) is 2. The summed E-state index contributed by atoms with van der Waals surface area (Å²) in [5, 5.41) is 26.5. The lowest BCUT2D eigenvalue weighted by molar-refractivity contribution is -0.137. The fourth-order valence-corrected chi connectivity index (χ4v) is 9.58. The third kappa shape index (κ3) is 22.5. The highest BCUT2D eigenvalue weighted by molar-refractivity contribution is 8.13. The molecule has 0 radical (unpaired) electrons. The van der Waals surface area contributed by atoms with Gasteiger partial charge >= 0.3 is 23.5 Å². The Hall–Kier alpha value is -3.74. The first kappa shape index (κ1) is 59.6. The van der Waals surface area contributed by atoms with Crippen LogP contribution in [0.15, 0.2) is 73.4 Å². The number of nitrogens with zero attached hydrogens (tertiary/aromatic N) is 4. The number of allylic oxidation sites excluding steroid dienone is 10. The largest absolute Gasteiger partial charge is 0.481 e. The molecule has 1 aliphatic heterocycles. The lowest BCUT2D eigenvalue weighted by atomic mass is 9.87. The van der Waals surface area contributed by atoms with E-state index in [4.69, 9.17) is 19.5 Å². The van der Waals surface area contributed by atoms with Gasteiger partial charge in [0.15, 0.2) is 22.8 Å². The summed E-state index contributed by atoms with van der Waals surface area (Å²) >= 11 is 1.06. The number of fused-ring (bicyclic) bond motifs is 1. The maximum absolute atomic E-state index is 12.7. The van der Waals surface area contributed by atoms with Gasteiger partial charge in [-0.05, 0) is 32.1 Å². The second kappa shape index (κ2) is 29.6. The van der Waals surface area contributed by atoms with E-state index in [1.807, 2.05) is 12.2 Å². The molecule has 0 spiro atoms. The van der Waals surface area contributed by atoms with E-state index in [1.165, 1.54) is 33.1 Å². The highest BCUT2D eigenvalue weighted by Gasteiger charge is 2.50. The molecule has 0 aliphatic carbocycles. The number of aromatic nitrogens is 4. The second-order valence-corrected chi connectivity index (χ2v) is 21.4. The monoisotopic (exact) mass is 1050 g/mol. The van der Waals surface area contributed by atoms with Crippen LogP contribution in [-0.4, -0.2) is 123 Å². The van der Waals surface area contributed by atoms with Gasteiger partial charge in [-0.3, -0.25) is 32.5 Å². The molecule has 1 saturated heterocycles. The number of unbranched alkanes of at least 4 members (excludes halogenated alkanes) is 3. The first-order chi connectivity index (χ1) is 32.6. The second-order valence-electron chi connectivity index (χ2n) is 16.0. The number of thioether (sulfide) groups is 1. The zero-order valence-corrected chi connectivity index (χ0v) is 42.0. The van der Waals surface area contributed by atoms with Crippen molar-refractivity contribution in [1.82, 2.24) is 30.2 Å². The fraction of sp³-hybridized carbons (Fsp3) is 0.561. The lowest BCUT2D eigenvalue weighted by Crippen LogP contribution is -2.46. The van der Waals surface area contributed by atoms with Crippen molar-refractivity contribution in [2.75, 3.05) is 37.8 Å². The van der Waals surface area contributed by atoms with Gasteiger partial charge in [-0.25, -0.2) is 28.6 Å². The Labute approximate surface area is 404 Å². The van der Waals surface area contributed by atoms with Crippen LogP contribution in [0, 0.1) is 5.41 Å². The minimum Gasteiger partial charge on any atom is -0.386 e. The molecule has 386 valence electrons. The van der Waals surface area contributed by atoms with Crippen molar-refractivity contribution in [3.63, 3.8) is 0 Å². The van der Waals surface area contributed by atoms with E-state index in [9.17, 15) is 57.9 Å². The van der Waals surface area contributed by atoms with E-state index in [0.29, 0.717) is 5.75 Å². The highest BCUT2D eigenvalue weighted by atomic mass is 32.2. The van der Waals surface area contributed by atoms with E-state index in [1.54, 1.807) is 12.2 Å². The minimum atomic E-state index is -5.58. The van der Waals surface area contributed by atoms with Crippen LogP contribution in [0.1, 0.15) is 84.8 Å². The molecule has 0 bridgehead atoms. The van der Waals surface area contributed by atoms with Crippen LogP contribution in [0.5, 0.6) is 0 Å². The fourth-order valence-electron chi connectivity index (χ4n) is 6.10. The van der Waals surface area contributed by atoms with Gasteiger partial charge in [0.05, 0.1) is 19.5 Å². The summed E-state index contributed by atoms with van der Waals surface area (Å²) in [6.45, 7) is 2.66. The van der Waals surface area contributed by atoms with Gasteiger partial charge in [-0.2, -0.15) is 4.31 Å². The number of aliphatic hydroxyl groups excluding tert-OH is 2. The summed E-state index contributed by atoms with van der Waals surface area (Å²) < 4.78 is 62.4. The third-order valence-electron chi connectivity index (χ3n) is 9.72. The SMILES string of the molecule is CCCCCC=CCC=CCC=CCC=CC=CCC(=O)SCCNC(=O)CCNC(=O)[C@H](O)C(C)(C)COP(=O)(O)OP(=O)(O)OC[C@H]1O[C@@H](n2cnc3c(N)ncnc32)[C@H](O)[C@@H]1OP(=O)(O)O. The molecule has 24 nitrogen and oxygen atoms in total. The first-order valence-corrected chi connectivity index (χ1v) is 27.4. The Bertz CT molecular complexity index is 2270. The Balaban J connectivity index is 1.32. The average molecular weight is 1050 g/mol. The predicted octanol–water partition coefficient (Wildman–Crippen LogP) is 4.59. The van der Waals surface area contributed by atoms with Crippen LogP contribution in [-0.2, 0) is 50.7 Å². The van der Waals surface area contributed by atoms with Crippen LogP contribution in [0.4, 0.5) is 5.82 Å². The number of carbonyl (C=O) groups excluding carboxylic acids is 3. The van der Waals surface area contributed by atoms with Crippen molar-refractivity contribution < 1.29 is 80.5 Å². The summed E-state index contributed by atoms with van der Waals surface area (Å²) in [6.07, 6.45) is 21.1. The number of nitrogens with two attached hydrogens (primary N) is 1. The molecule has 2 aromatic heterocycles. The molecule has 2 unspecified atom stereocenters. The lowest BCUT2D eigenvalue weighted by Gasteiger charge is -2.30. The molecule has 0 saturated carbocycles. The molecule has 1 aliphatic rings. The number of hydrogen-bond acceptors (Lipinski definition) is 18. The number of ether oxygens (including phenoxy) is 1. The molecule has 3 rings (SSSR count). The topological polar surface area (TPSA) is 364 Å². The van der Waals surface area contributed by atoms with Crippen molar-refractivity contribution in [3.05, 3.63) is 73.4 Å². The number of amides is 2. The number of nitrogen functional groups attached to an aromatic ring is 1. The van der Waals surface area contributed by atoms with Crippen molar-refractivity contribution in [3.8, 4) is 0 Å². The Morgan fingerprint density at radius 2 is 1.57 bits per heavy atom. The number of carbonyl (C=O) groups is 3. The number of hydrogen-bond donors (Lipinski definition) is 9. The van der Waals surface area contributed by atoms with E-state index >= 15 is 0 Å². The standard InChI is InChI=1S/C41H64N7O17P3S/c1-4-5-6-7-8-9-10-11-12-13-14-15-16-17-18-19-20-21-32(50)69-25-24-43-31(49)22-23-44-39(53)36(52)41(2,3)27-62-68(59,60)65-67(57,58)61-26-30-35(64-66(54,55)56)34(51)40(63-30)48-29-47-33-37(42)45-28-46-38(33)48/h8-9,11-12,14-15,17-20,28-30,34-36,40,51-52H,4-7,10,13,16,21-27H2,1-3H3,(H,43,49)(H,44,53)(H,57,58)(H,59,60)(H2,42,45,46)(H2,54,55,56)/t30-,34-,35-,36+,40-/m1/s1. The number of anilines is 1. The number of phosphoric ester groups is 3. The van der Waals surface area contributed by atoms with Crippen molar-refractivity contribution >= 4 is 69.1 Å². The smallest absolute Gasteiger partial charge is 0.386 e. The number of aliphatic hydroxyl groups is 2. The number of rotatable bonds is 32. The molecular weight excluding hydrogens is 987 g/mol. The van der Waals surface area contributed by atoms with Crippen LogP contribution in [0.3, 0.4) is 0 Å². The Morgan fingerprint density at radius 1 is 0.913 bits per heavy atom. The van der Waals surface area contributed by atoms with Gasteiger partial charge in [0.2, 0.25) is 11.8 Å². The molecule has 0 aromatic carbocycles. The molecule has 1 fully saturated rings. The third-order valence-corrected chi connectivity index (χ3v) is 13.7. The van der Waals surface area contributed by atoms with E-state index in [0.717, 1.165) is 54.7 Å². The maximum atomic E-state index is 12.7. The molecule has 69 heavy (non-hydrogen) atoms. The predicted molar refractivity (Wildman–Crippen MR) is 255 cm³/mol. The highest BCUT2D eigenvalue weighted by Crippen LogP contribution is 2.61. The zero-order chi connectivity index (χ0) is 51.1. The van der Waals surface area contributed by atoms with Gasteiger partial charge in [-0.15, -0.1) is 0 Å². The molecule has 10 N–H and O–H groups in total. The Kier molecular flexibility index (Phi) is 25.5. The zero-order valence-electron chi connectivity index (χ0n) is 38.5. The van der Waals surface area contributed by atoms with Crippen LogP contribution in [0.2, 0.25) is 0 Å². The van der Waals surface area contributed by atoms with Gasteiger partial charge < -0.3 is 50.9 Å². The van der Waals surface area contributed by atoms with Crippen LogP contribution in [0.25, 0.3) is 11.2 Å². The van der Waals surface area contributed by atoms with Crippen LogP contribution < -0.4 is 16.4 Å². The van der Waals surface area contributed by atoms with E-state index in [2.05, 4.69) is 77.8 Å². The summed E-state index contributed by atoms with van der Waals surface area (Å²) in [5.74, 6) is -1.14. The van der Waals surface area contributed by atoms with Gasteiger partial charge in [-0.1, -0.05) is 106 Å². The Morgan fingerprint density at radius 3 is 2.25 bits per heavy atom. The van der Waals surface area contributed by atoms with Crippen molar-refractivity contribution in [1.29, 1.82) is 0 Å². The summed E-state index contributed by atoms with van der Waals surface area (Å²) in [6, 6.07) is 0. The van der Waals surface area contributed by atoms with E-state index in [-0.39, 0.29) is 48.0 Å². The maximum Gasteiger partial charge on any atom is 0.481 e.